The highest BCUT2D eigenvalue weighted by Crippen LogP contribution is 2.22. The van der Waals surface area contributed by atoms with Crippen molar-refractivity contribution < 1.29 is 4.79 Å². The summed E-state index contributed by atoms with van der Waals surface area (Å²) in [5, 5.41) is 2.96. The molecule has 2 aromatic rings. The van der Waals surface area contributed by atoms with Gasteiger partial charge in [0, 0.05) is 6.20 Å². The standard InChI is InChI=1S/C13H13ClN4O2/c1-8-3-2-4-10(15)12(8)17-11(19)7-18-6-9(14)5-16-13(18)20/h2-6H,7,15H2,1H3,(H,17,19). The van der Waals surface area contributed by atoms with Crippen molar-refractivity contribution >= 4 is 28.9 Å². The third kappa shape index (κ3) is 3.16. The number of hydrogen-bond donors (Lipinski definition) is 2. The van der Waals surface area contributed by atoms with E-state index in [0.29, 0.717) is 11.4 Å². The van der Waals surface area contributed by atoms with E-state index >= 15 is 0 Å². The van der Waals surface area contributed by atoms with Crippen molar-refractivity contribution in [2.45, 2.75) is 13.5 Å². The van der Waals surface area contributed by atoms with E-state index in [-0.39, 0.29) is 17.5 Å². The summed E-state index contributed by atoms with van der Waals surface area (Å²) in [4.78, 5) is 27.0. The first-order chi connectivity index (χ1) is 9.47. The van der Waals surface area contributed by atoms with Crippen molar-refractivity contribution in [1.29, 1.82) is 0 Å². The van der Waals surface area contributed by atoms with Crippen LogP contribution in [-0.2, 0) is 11.3 Å². The number of carbonyl (C=O) groups is 1. The van der Waals surface area contributed by atoms with Crippen LogP contribution in [0.3, 0.4) is 0 Å². The largest absolute Gasteiger partial charge is 0.397 e. The molecule has 7 heteroatoms. The summed E-state index contributed by atoms with van der Waals surface area (Å²) in [7, 11) is 0. The Morgan fingerprint density at radius 3 is 2.95 bits per heavy atom. The van der Waals surface area contributed by atoms with Crippen LogP contribution in [0, 0.1) is 6.92 Å². The van der Waals surface area contributed by atoms with E-state index in [4.69, 9.17) is 17.3 Å². The number of carbonyl (C=O) groups excluding carboxylic acids is 1. The number of para-hydroxylation sites is 1. The number of aromatic nitrogens is 2. The Balaban J connectivity index is 2.17. The molecule has 0 saturated carbocycles. The number of nitrogen functional groups attached to an aromatic ring is 1. The van der Waals surface area contributed by atoms with Crippen LogP contribution < -0.4 is 16.7 Å². The molecule has 0 atom stereocenters. The Morgan fingerprint density at radius 2 is 2.25 bits per heavy atom. The first-order valence-corrected chi connectivity index (χ1v) is 6.22. The van der Waals surface area contributed by atoms with Gasteiger partial charge < -0.3 is 11.1 Å². The second kappa shape index (κ2) is 5.75. The predicted octanol–water partition coefficient (Wildman–Crippen LogP) is 1.43. The molecule has 6 nitrogen and oxygen atoms in total. The third-order valence-corrected chi connectivity index (χ3v) is 2.90. The van der Waals surface area contributed by atoms with E-state index in [1.807, 2.05) is 13.0 Å². The minimum absolute atomic E-state index is 0.180. The van der Waals surface area contributed by atoms with Gasteiger partial charge >= 0.3 is 5.69 Å². The molecular formula is C13H13ClN4O2. The summed E-state index contributed by atoms with van der Waals surface area (Å²) in [5.74, 6) is -0.378. The van der Waals surface area contributed by atoms with Crippen molar-refractivity contribution in [3.63, 3.8) is 0 Å². The molecule has 0 aliphatic carbocycles. The summed E-state index contributed by atoms with van der Waals surface area (Å²) in [5.41, 5.74) is 7.11. The van der Waals surface area contributed by atoms with E-state index in [1.165, 1.54) is 12.4 Å². The summed E-state index contributed by atoms with van der Waals surface area (Å²) in [6.45, 7) is 1.65. The molecular weight excluding hydrogens is 280 g/mol. The van der Waals surface area contributed by atoms with Crippen LogP contribution >= 0.6 is 11.6 Å². The fraction of sp³-hybridized carbons (Fsp3) is 0.154. The average Bonchev–Trinajstić information content (AvgIpc) is 2.38. The molecule has 1 heterocycles. The molecule has 1 amide bonds. The van der Waals surface area contributed by atoms with E-state index in [2.05, 4.69) is 10.3 Å². The van der Waals surface area contributed by atoms with Gasteiger partial charge in [0.2, 0.25) is 5.91 Å². The maximum Gasteiger partial charge on any atom is 0.348 e. The summed E-state index contributed by atoms with van der Waals surface area (Å²) >= 11 is 5.74. The number of amides is 1. The SMILES string of the molecule is Cc1cccc(N)c1NC(=O)Cn1cc(Cl)cnc1=O. The maximum atomic E-state index is 12.0. The van der Waals surface area contributed by atoms with E-state index in [9.17, 15) is 9.59 Å². The molecule has 0 radical (unpaired) electrons. The molecule has 1 aromatic carbocycles. The van der Waals surface area contributed by atoms with Gasteiger partial charge in [-0.1, -0.05) is 23.7 Å². The first-order valence-electron chi connectivity index (χ1n) is 5.84. The molecule has 20 heavy (non-hydrogen) atoms. The summed E-state index contributed by atoms with van der Waals surface area (Å²) in [6, 6.07) is 5.32. The maximum absolute atomic E-state index is 12.0. The van der Waals surface area contributed by atoms with E-state index < -0.39 is 5.69 Å². The molecule has 0 saturated heterocycles. The Bertz CT molecular complexity index is 692. The molecule has 104 valence electrons. The van der Waals surface area contributed by atoms with Gasteiger partial charge in [0.05, 0.1) is 22.6 Å². The van der Waals surface area contributed by atoms with E-state index in [0.717, 1.165) is 10.1 Å². The topological polar surface area (TPSA) is 90.0 Å². The van der Waals surface area contributed by atoms with Crippen LogP contribution in [-0.4, -0.2) is 15.5 Å². The van der Waals surface area contributed by atoms with Crippen molar-refractivity contribution in [3.05, 3.63) is 51.7 Å². The van der Waals surface area contributed by atoms with Gasteiger partial charge in [0.25, 0.3) is 0 Å². The van der Waals surface area contributed by atoms with Gasteiger partial charge in [-0.2, -0.15) is 0 Å². The quantitative estimate of drug-likeness (QED) is 0.837. The van der Waals surface area contributed by atoms with Crippen LogP contribution in [0.15, 0.2) is 35.4 Å². The molecule has 0 fully saturated rings. The molecule has 0 spiro atoms. The predicted molar refractivity (Wildman–Crippen MR) is 77.7 cm³/mol. The molecule has 0 aliphatic rings. The lowest BCUT2D eigenvalue weighted by Crippen LogP contribution is -2.29. The summed E-state index contributed by atoms with van der Waals surface area (Å²) < 4.78 is 1.13. The molecule has 0 unspecified atom stereocenters. The fourth-order valence-electron chi connectivity index (χ4n) is 1.74. The highest BCUT2D eigenvalue weighted by atomic mass is 35.5. The van der Waals surface area contributed by atoms with Gasteiger partial charge in [0.1, 0.15) is 6.54 Å². The van der Waals surface area contributed by atoms with E-state index in [1.54, 1.807) is 12.1 Å². The number of rotatable bonds is 3. The van der Waals surface area contributed by atoms with Crippen molar-refractivity contribution in [3.8, 4) is 0 Å². The normalized spacial score (nSPS) is 10.3. The minimum atomic E-state index is -0.540. The Labute approximate surface area is 120 Å². The van der Waals surface area contributed by atoms with Crippen LogP contribution in [0.4, 0.5) is 11.4 Å². The van der Waals surface area contributed by atoms with Crippen molar-refractivity contribution in [1.82, 2.24) is 9.55 Å². The van der Waals surface area contributed by atoms with Crippen LogP contribution in [0.2, 0.25) is 5.02 Å². The number of anilines is 2. The first kappa shape index (κ1) is 14.1. The number of nitrogens with zero attached hydrogens (tertiary/aromatic N) is 2. The fourth-order valence-corrected chi connectivity index (χ4v) is 1.90. The second-order valence-corrected chi connectivity index (χ2v) is 4.71. The number of hydrogen-bond acceptors (Lipinski definition) is 4. The van der Waals surface area contributed by atoms with Gasteiger partial charge in [-0.05, 0) is 18.6 Å². The van der Waals surface area contributed by atoms with Gasteiger partial charge in [-0.15, -0.1) is 0 Å². The second-order valence-electron chi connectivity index (χ2n) is 4.27. The van der Waals surface area contributed by atoms with Gasteiger partial charge in [-0.3, -0.25) is 9.36 Å². The molecule has 0 aliphatic heterocycles. The lowest BCUT2D eigenvalue weighted by molar-refractivity contribution is -0.116. The van der Waals surface area contributed by atoms with Crippen molar-refractivity contribution in [2.75, 3.05) is 11.1 Å². The number of aryl methyl sites for hydroxylation is 1. The van der Waals surface area contributed by atoms with Crippen molar-refractivity contribution in [2.24, 2.45) is 0 Å². The number of benzene rings is 1. The zero-order valence-electron chi connectivity index (χ0n) is 10.8. The zero-order valence-corrected chi connectivity index (χ0v) is 11.5. The Kier molecular flexibility index (Phi) is 4.05. The molecule has 2 rings (SSSR count). The third-order valence-electron chi connectivity index (χ3n) is 2.71. The summed E-state index contributed by atoms with van der Waals surface area (Å²) in [6.07, 6.45) is 2.59. The number of halogens is 1. The molecule has 3 N–H and O–H groups in total. The zero-order chi connectivity index (χ0) is 14.7. The van der Waals surface area contributed by atoms with Gasteiger partial charge in [0.15, 0.2) is 0 Å². The van der Waals surface area contributed by atoms with Crippen LogP contribution in [0.25, 0.3) is 0 Å². The Morgan fingerprint density at radius 1 is 1.50 bits per heavy atom. The van der Waals surface area contributed by atoms with Crippen LogP contribution in [0.1, 0.15) is 5.56 Å². The highest BCUT2D eigenvalue weighted by molar-refractivity contribution is 6.30. The molecule has 0 bridgehead atoms. The highest BCUT2D eigenvalue weighted by Gasteiger charge is 2.09. The lowest BCUT2D eigenvalue weighted by atomic mass is 10.1. The number of nitrogens with two attached hydrogens (primary N) is 1. The smallest absolute Gasteiger partial charge is 0.348 e. The Hall–Kier alpha value is -2.34. The lowest BCUT2D eigenvalue weighted by Gasteiger charge is -2.11. The minimum Gasteiger partial charge on any atom is -0.397 e. The monoisotopic (exact) mass is 292 g/mol. The average molecular weight is 293 g/mol. The number of nitrogens with one attached hydrogen (secondary N) is 1. The van der Waals surface area contributed by atoms with Gasteiger partial charge in [-0.25, -0.2) is 9.78 Å². The molecule has 1 aromatic heterocycles. The van der Waals surface area contributed by atoms with Crippen LogP contribution in [0.5, 0.6) is 0 Å².